The molecule has 0 fully saturated rings. The molecular weight excluding hydrogens is 200 g/mol. The number of hydrogen-bond donors (Lipinski definition) is 1. The fourth-order valence-corrected chi connectivity index (χ4v) is 2.31. The van der Waals surface area contributed by atoms with Gasteiger partial charge in [0.2, 0.25) is 0 Å². The van der Waals surface area contributed by atoms with E-state index in [1.54, 1.807) is 0 Å². The van der Waals surface area contributed by atoms with Gasteiger partial charge in [0.1, 0.15) is 6.07 Å². The molecule has 16 heavy (non-hydrogen) atoms. The highest BCUT2D eigenvalue weighted by Crippen LogP contribution is 2.26. The van der Waals surface area contributed by atoms with Crippen LogP contribution in [0, 0.1) is 11.3 Å². The first-order valence-electron chi connectivity index (χ1n) is 5.53. The first-order chi connectivity index (χ1) is 7.90. The lowest BCUT2D eigenvalue weighted by Crippen LogP contribution is -2.11. The van der Waals surface area contributed by atoms with E-state index in [1.165, 1.54) is 6.42 Å². The Hall–Kier alpha value is -2.02. The van der Waals surface area contributed by atoms with E-state index in [0.717, 1.165) is 36.6 Å². The molecule has 4 heteroatoms. The fourth-order valence-electron chi connectivity index (χ4n) is 2.31. The summed E-state index contributed by atoms with van der Waals surface area (Å²) in [4.78, 5) is 7.57. The zero-order valence-corrected chi connectivity index (χ0v) is 8.90. The van der Waals surface area contributed by atoms with E-state index in [4.69, 9.17) is 5.26 Å². The van der Waals surface area contributed by atoms with Gasteiger partial charge in [-0.25, -0.2) is 4.98 Å². The molecular formula is C12H12N4. The first-order valence-corrected chi connectivity index (χ1v) is 5.53. The monoisotopic (exact) mass is 212 g/mol. The predicted molar refractivity (Wildman–Crippen MR) is 59.7 cm³/mol. The number of nitrogens with one attached hydrogen (secondary N) is 1. The summed E-state index contributed by atoms with van der Waals surface area (Å²) in [7, 11) is 0. The Morgan fingerprint density at radius 1 is 1.44 bits per heavy atom. The fraction of sp³-hybridized carbons (Fsp3) is 0.333. The lowest BCUT2D eigenvalue weighted by molar-refractivity contribution is 0.535. The molecule has 3 rings (SSSR count). The Morgan fingerprint density at radius 3 is 3.12 bits per heavy atom. The lowest BCUT2D eigenvalue weighted by Gasteiger charge is -2.16. The van der Waals surface area contributed by atoms with Crippen molar-refractivity contribution in [1.29, 1.82) is 5.26 Å². The van der Waals surface area contributed by atoms with Crippen LogP contribution in [0.15, 0.2) is 18.3 Å². The van der Waals surface area contributed by atoms with Crippen LogP contribution in [-0.2, 0) is 13.0 Å². The maximum Gasteiger partial charge on any atom is 0.162 e. The SMILES string of the molecule is N#Cc1nc(-c2ccc[nH]2)n2c1CCCC2. The van der Waals surface area contributed by atoms with Crippen molar-refractivity contribution in [1.82, 2.24) is 14.5 Å². The van der Waals surface area contributed by atoms with Crippen LogP contribution in [0.25, 0.3) is 11.5 Å². The largest absolute Gasteiger partial charge is 0.359 e. The minimum Gasteiger partial charge on any atom is -0.359 e. The Balaban J connectivity index is 2.20. The van der Waals surface area contributed by atoms with E-state index < -0.39 is 0 Å². The van der Waals surface area contributed by atoms with Crippen LogP contribution in [-0.4, -0.2) is 14.5 Å². The van der Waals surface area contributed by atoms with Gasteiger partial charge in [-0.15, -0.1) is 0 Å². The van der Waals surface area contributed by atoms with Crippen LogP contribution in [0.3, 0.4) is 0 Å². The Bertz CT molecular complexity index is 542. The van der Waals surface area contributed by atoms with Crippen molar-refractivity contribution in [3.8, 4) is 17.6 Å². The highest BCUT2D eigenvalue weighted by molar-refractivity contribution is 5.54. The summed E-state index contributed by atoms with van der Waals surface area (Å²) in [6.45, 7) is 0.971. The molecule has 0 saturated carbocycles. The molecule has 0 amide bonds. The average Bonchev–Trinajstić information content (AvgIpc) is 2.95. The standard InChI is InChI=1S/C12H12N4/c13-8-10-11-5-1-2-7-16(11)12(15-10)9-4-3-6-14-9/h3-4,6,14H,1-2,5,7H2. The van der Waals surface area contributed by atoms with E-state index in [1.807, 2.05) is 18.3 Å². The molecule has 0 radical (unpaired) electrons. The molecule has 0 spiro atoms. The van der Waals surface area contributed by atoms with E-state index >= 15 is 0 Å². The molecule has 1 aliphatic heterocycles. The summed E-state index contributed by atoms with van der Waals surface area (Å²) in [5, 5.41) is 9.07. The first kappa shape index (κ1) is 9.22. The van der Waals surface area contributed by atoms with Gasteiger partial charge in [-0.3, -0.25) is 0 Å². The van der Waals surface area contributed by atoms with Crippen molar-refractivity contribution in [3.05, 3.63) is 29.7 Å². The van der Waals surface area contributed by atoms with Gasteiger partial charge in [-0.05, 0) is 31.4 Å². The van der Waals surface area contributed by atoms with Gasteiger partial charge >= 0.3 is 0 Å². The number of H-pyrrole nitrogens is 1. The van der Waals surface area contributed by atoms with Crippen LogP contribution in [0.5, 0.6) is 0 Å². The third-order valence-electron chi connectivity index (χ3n) is 3.06. The van der Waals surface area contributed by atoms with E-state index in [2.05, 4.69) is 20.6 Å². The van der Waals surface area contributed by atoms with Gasteiger partial charge in [-0.1, -0.05) is 0 Å². The van der Waals surface area contributed by atoms with Crippen LogP contribution in [0.2, 0.25) is 0 Å². The van der Waals surface area contributed by atoms with Crippen molar-refractivity contribution in [3.63, 3.8) is 0 Å². The van der Waals surface area contributed by atoms with Gasteiger partial charge in [0.15, 0.2) is 11.5 Å². The summed E-state index contributed by atoms with van der Waals surface area (Å²) in [5.74, 6) is 0.899. The summed E-state index contributed by atoms with van der Waals surface area (Å²) < 4.78 is 2.17. The van der Waals surface area contributed by atoms with E-state index in [-0.39, 0.29) is 0 Å². The molecule has 1 aliphatic rings. The predicted octanol–water partition coefficient (Wildman–Crippen LogP) is 2.09. The molecule has 2 aromatic heterocycles. The summed E-state index contributed by atoms with van der Waals surface area (Å²) in [6, 6.07) is 6.13. The molecule has 0 saturated heterocycles. The molecule has 2 aromatic rings. The molecule has 0 bridgehead atoms. The van der Waals surface area contributed by atoms with Crippen molar-refractivity contribution >= 4 is 0 Å². The number of hydrogen-bond acceptors (Lipinski definition) is 2. The van der Waals surface area contributed by atoms with Crippen molar-refractivity contribution in [2.45, 2.75) is 25.8 Å². The second kappa shape index (κ2) is 3.53. The number of rotatable bonds is 1. The number of imidazole rings is 1. The third kappa shape index (κ3) is 1.25. The van der Waals surface area contributed by atoms with E-state index in [9.17, 15) is 0 Å². The van der Waals surface area contributed by atoms with Crippen molar-refractivity contribution < 1.29 is 0 Å². The Kier molecular flexibility index (Phi) is 2.03. The van der Waals surface area contributed by atoms with Crippen molar-refractivity contribution in [2.24, 2.45) is 0 Å². The van der Waals surface area contributed by atoms with Crippen LogP contribution >= 0.6 is 0 Å². The maximum absolute atomic E-state index is 9.07. The third-order valence-corrected chi connectivity index (χ3v) is 3.06. The van der Waals surface area contributed by atoms with Crippen molar-refractivity contribution in [2.75, 3.05) is 0 Å². The van der Waals surface area contributed by atoms with Gasteiger partial charge in [0, 0.05) is 12.7 Å². The van der Waals surface area contributed by atoms with Gasteiger partial charge in [0.25, 0.3) is 0 Å². The topological polar surface area (TPSA) is 57.4 Å². The second-order valence-electron chi connectivity index (χ2n) is 4.04. The van der Waals surface area contributed by atoms with Crippen LogP contribution in [0.4, 0.5) is 0 Å². The highest BCUT2D eigenvalue weighted by atomic mass is 15.1. The smallest absolute Gasteiger partial charge is 0.162 e. The number of aromatic amines is 1. The number of fused-ring (bicyclic) bond motifs is 1. The van der Waals surface area contributed by atoms with Gasteiger partial charge < -0.3 is 9.55 Å². The second-order valence-corrected chi connectivity index (χ2v) is 4.04. The molecule has 0 atom stereocenters. The number of nitrogens with zero attached hydrogens (tertiary/aromatic N) is 3. The Morgan fingerprint density at radius 2 is 2.38 bits per heavy atom. The van der Waals surface area contributed by atoms with Gasteiger partial charge in [0.05, 0.1) is 11.4 Å². The molecule has 4 nitrogen and oxygen atoms in total. The molecule has 0 unspecified atom stereocenters. The van der Waals surface area contributed by atoms with Gasteiger partial charge in [-0.2, -0.15) is 5.26 Å². The normalized spacial score (nSPS) is 14.4. The molecule has 3 heterocycles. The highest BCUT2D eigenvalue weighted by Gasteiger charge is 2.20. The molecule has 80 valence electrons. The molecule has 0 aliphatic carbocycles. The summed E-state index contributed by atoms with van der Waals surface area (Å²) in [6.07, 6.45) is 5.18. The zero-order chi connectivity index (χ0) is 11.0. The maximum atomic E-state index is 9.07. The van der Waals surface area contributed by atoms with E-state index in [0.29, 0.717) is 5.69 Å². The zero-order valence-electron chi connectivity index (χ0n) is 8.90. The Labute approximate surface area is 93.5 Å². The summed E-state index contributed by atoms with van der Waals surface area (Å²) in [5.41, 5.74) is 2.67. The molecule has 0 aromatic carbocycles. The lowest BCUT2D eigenvalue weighted by atomic mass is 10.1. The van der Waals surface area contributed by atoms with Crippen LogP contribution in [0.1, 0.15) is 24.2 Å². The quantitative estimate of drug-likeness (QED) is 0.786. The minimum absolute atomic E-state index is 0.587. The average molecular weight is 212 g/mol. The number of nitriles is 1. The minimum atomic E-state index is 0.587. The number of aromatic nitrogens is 3. The molecule has 1 N–H and O–H groups in total. The van der Waals surface area contributed by atoms with Crippen LogP contribution < -0.4 is 0 Å². The summed E-state index contributed by atoms with van der Waals surface area (Å²) >= 11 is 0.